The number of imide groups is 1. The molecule has 5 rings (SSSR count). The van der Waals surface area contributed by atoms with Crippen molar-refractivity contribution in [2.45, 2.75) is 177 Å². The highest BCUT2D eigenvalue weighted by atomic mass is 32.2. The number of thioether (sulfide) groups is 2. The molecule has 13 amide bonds. The minimum atomic E-state index is -1.90. The van der Waals surface area contributed by atoms with Gasteiger partial charge in [0.2, 0.25) is 65.0 Å². The summed E-state index contributed by atoms with van der Waals surface area (Å²) in [5.41, 5.74) is 17.1. The summed E-state index contributed by atoms with van der Waals surface area (Å²) in [6.07, 6.45) is -0.307. The van der Waals surface area contributed by atoms with Crippen molar-refractivity contribution in [2.24, 2.45) is 17.2 Å². The van der Waals surface area contributed by atoms with E-state index in [0.717, 1.165) is 11.3 Å². The van der Waals surface area contributed by atoms with E-state index in [-0.39, 0.29) is 173 Å². The first-order valence-corrected chi connectivity index (χ1v) is 40.4. The molecule has 1 aromatic rings. The first-order valence-electron chi connectivity index (χ1n) is 38.4. The molecule has 42 heteroatoms. The van der Waals surface area contributed by atoms with Crippen LogP contribution in [-0.4, -0.2) is 340 Å². The monoisotopic (exact) mass is 1660 g/mol. The van der Waals surface area contributed by atoms with Crippen LogP contribution in [0.3, 0.4) is 0 Å². The molecular weight excluding hydrogens is 1550 g/mol. The minimum Gasteiger partial charge on any atom is -0.481 e. The van der Waals surface area contributed by atoms with Crippen LogP contribution in [0.25, 0.3) is 0 Å². The third-order valence-corrected chi connectivity index (χ3v) is 21.5. The van der Waals surface area contributed by atoms with Crippen molar-refractivity contribution < 1.29 is 121 Å². The van der Waals surface area contributed by atoms with E-state index >= 15 is 0 Å². The van der Waals surface area contributed by atoms with E-state index in [0.29, 0.717) is 67.6 Å². The van der Waals surface area contributed by atoms with E-state index in [1.165, 1.54) is 16.7 Å². The minimum absolute atomic E-state index is 0.0135. The summed E-state index contributed by atoms with van der Waals surface area (Å²) in [4.78, 5) is 234. The Kier molecular flexibility index (Phi) is 42.5. The Morgan fingerprint density at radius 3 is 1.63 bits per heavy atom. The molecule has 4 aliphatic heterocycles. The molecule has 3 saturated heterocycles. The highest BCUT2D eigenvalue weighted by Crippen LogP contribution is 2.38. The molecule has 0 bridgehead atoms. The van der Waals surface area contributed by atoms with Crippen LogP contribution in [0.1, 0.15) is 122 Å². The van der Waals surface area contributed by atoms with Crippen molar-refractivity contribution in [1.29, 1.82) is 0 Å². The van der Waals surface area contributed by atoms with E-state index in [4.69, 9.17) is 31.4 Å². The highest BCUT2D eigenvalue weighted by molar-refractivity contribution is 8.08. The quantitative estimate of drug-likeness (QED) is 0.0218. The van der Waals surface area contributed by atoms with Gasteiger partial charge in [-0.15, -0.1) is 23.5 Å². The predicted octanol–water partition coefficient (Wildman–Crippen LogP) is -3.99. The van der Waals surface area contributed by atoms with Gasteiger partial charge < -0.3 is 98.6 Å². The second-order valence-corrected chi connectivity index (χ2v) is 30.2. The number of carbonyl (C=O) groups is 17. The number of nitrogens with two attached hydrogens (primary N) is 3. The SMILES string of the molecule is CCCCCC(=O)N[C@@H](CSC1=C(SC[C@H](NC(=O)[C@H](Cc2ccccc2)NC(=O)[C@H](CCC(N)=O)NC(=O)C[C@@H](C)O)C(=O)N[C@@H](CC(=O)O)C(N)=O)C(=O)N(CCCOCCOCCOCCCNC(=O)CC[C@H](C(=O)O)N2CCN(CC(=O)O)CCN(CC(=O)O)CC2)C1=O)C(=O)N1CCC[C@H]1C(=O)N1CCC[C@H]1C(N)=O. The second kappa shape index (κ2) is 50.8. The van der Waals surface area contributed by atoms with Crippen LogP contribution in [0.15, 0.2) is 40.1 Å². The summed E-state index contributed by atoms with van der Waals surface area (Å²) in [5, 5.41) is 63.8. The number of aliphatic carboxylic acids is 4. The number of carboxylic acid groups (broad SMARTS) is 4. The van der Waals surface area contributed by atoms with Gasteiger partial charge in [-0.25, -0.2) is 0 Å². The summed E-state index contributed by atoms with van der Waals surface area (Å²) in [7, 11) is 0. The molecule has 0 aliphatic carbocycles. The number of aliphatic hydroxyl groups is 1. The number of nitrogens with zero attached hydrogens (tertiary/aromatic N) is 6. The molecule has 0 saturated carbocycles. The maximum absolute atomic E-state index is 14.9. The zero-order chi connectivity index (χ0) is 84.7. The Labute approximate surface area is 673 Å². The number of ether oxygens (including phenoxy) is 3. The van der Waals surface area contributed by atoms with Crippen molar-refractivity contribution in [3.63, 3.8) is 0 Å². The number of likely N-dealkylation sites (tertiary alicyclic amines) is 2. The van der Waals surface area contributed by atoms with Gasteiger partial charge >= 0.3 is 23.9 Å². The molecule has 4 heterocycles. The molecule has 115 heavy (non-hydrogen) atoms. The normalized spacial score (nSPS) is 18.2. The lowest BCUT2D eigenvalue weighted by atomic mass is 10.0. The predicted molar refractivity (Wildman–Crippen MR) is 413 cm³/mol. The van der Waals surface area contributed by atoms with Gasteiger partial charge in [0.25, 0.3) is 11.8 Å². The molecule has 0 spiro atoms. The molecule has 4 aliphatic rings. The standard InChI is InChI=1S/C73H111N15O25S2/c1-3-4-6-17-57(92)79-51(69(105)87-24-10-16-53(87)70(106)86-23-9-15-52(86)65(76)101)44-115-63-62(114-43-50(68(104)80-48(64(75)100)40-59(94)95)82-67(103)49(39-46-13-7-5-8-14-46)81-66(102)47(18-20-55(74)90)78-58(93)38-45(2)89)71(107)88(72(63)108)25-12-33-112-35-37-113-36-34-111-32-11-22-77-56(91)21-19-54(73(109)110)85-30-28-83(41-60(96)97)26-27-84(29-31-85)42-61(98)99/h5,7-8,13-14,45,47-54,89H,3-4,6,9-12,15-44H2,1-2H3,(H2,74,90)(H2,75,100)(H2,76,101)(H,77,91)(H,78,93)(H,79,92)(H,80,104)(H,81,102)(H,82,103)(H,94,95)(H,96,97)(H,98,99)(H,109,110)/t45-,47+,48+,49+,50+,51+,52+,53+,54-/m1/s1. The number of carboxylic acids is 4. The van der Waals surface area contributed by atoms with E-state index in [9.17, 15) is 107 Å². The van der Waals surface area contributed by atoms with Gasteiger partial charge in [0.1, 0.15) is 48.3 Å². The maximum atomic E-state index is 14.9. The number of nitrogens with one attached hydrogen (secondary N) is 6. The van der Waals surface area contributed by atoms with Gasteiger partial charge in [0, 0.05) is 116 Å². The van der Waals surface area contributed by atoms with Crippen molar-refractivity contribution in [2.75, 3.05) is 130 Å². The van der Waals surface area contributed by atoms with Crippen LogP contribution in [0.4, 0.5) is 0 Å². The zero-order valence-corrected chi connectivity index (χ0v) is 66.5. The average Bonchev–Trinajstić information content (AvgIpc) is 1.79. The summed E-state index contributed by atoms with van der Waals surface area (Å²) >= 11 is 1.24. The molecule has 640 valence electrons. The third-order valence-electron chi connectivity index (χ3n) is 19.0. The van der Waals surface area contributed by atoms with E-state index in [1.54, 1.807) is 45.0 Å². The smallest absolute Gasteiger partial charge is 0.320 e. The molecular formula is C73H111N15O25S2. The Hall–Kier alpha value is -9.43. The maximum Gasteiger partial charge on any atom is 0.320 e. The van der Waals surface area contributed by atoms with Gasteiger partial charge in [0.05, 0.1) is 68.3 Å². The number of primary amides is 3. The number of unbranched alkanes of at least 4 members (excludes halogenated alkanes) is 2. The fourth-order valence-corrected chi connectivity index (χ4v) is 15.5. The van der Waals surface area contributed by atoms with E-state index in [1.807, 2.05) is 6.92 Å². The fourth-order valence-electron chi connectivity index (χ4n) is 13.1. The number of rotatable bonds is 54. The summed E-state index contributed by atoms with van der Waals surface area (Å²) in [6, 6.07) is -3.37. The van der Waals surface area contributed by atoms with Crippen LogP contribution in [0.5, 0.6) is 0 Å². The largest absolute Gasteiger partial charge is 0.481 e. The van der Waals surface area contributed by atoms with Crippen molar-refractivity contribution in [1.82, 2.24) is 61.3 Å². The number of amides is 13. The summed E-state index contributed by atoms with van der Waals surface area (Å²) < 4.78 is 17.1. The number of benzene rings is 1. The van der Waals surface area contributed by atoms with Crippen molar-refractivity contribution in [3.05, 3.63) is 45.7 Å². The molecule has 40 nitrogen and oxygen atoms in total. The van der Waals surface area contributed by atoms with Gasteiger partial charge in [-0.1, -0.05) is 50.1 Å². The number of hydrogen-bond acceptors (Lipinski definition) is 26. The van der Waals surface area contributed by atoms with Crippen molar-refractivity contribution in [3.8, 4) is 0 Å². The molecule has 17 N–H and O–H groups in total. The third kappa shape index (κ3) is 34.1. The number of hydrogen-bond donors (Lipinski definition) is 14. The Morgan fingerprint density at radius 2 is 1.07 bits per heavy atom. The Bertz CT molecular complexity index is 3540. The molecule has 9 atom stereocenters. The molecule has 0 unspecified atom stereocenters. The summed E-state index contributed by atoms with van der Waals surface area (Å²) in [6.45, 7) is 4.73. The lowest BCUT2D eigenvalue weighted by Gasteiger charge is -2.32. The van der Waals surface area contributed by atoms with Gasteiger partial charge in [-0.3, -0.25) is 101 Å². The average molecular weight is 1660 g/mol. The van der Waals surface area contributed by atoms with E-state index in [2.05, 4.69) is 31.9 Å². The molecule has 0 radical (unpaired) electrons. The van der Waals surface area contributed by atoms with Gasteiger partial charge in [-0.05, 0) is 70.3 Å². The van der Waals surface area contributed by atoms with E-state index < -0.39 is 186 Å². The van der Waals surface area contributed by atoms with Gasteiger partial charge in [0.15, 0.2) is 0 Å². The first kappa shape index (κ1) is 96.2. The van der Waals surface area contributed by atoms with Crippen LogP contribution >= 0.6 is 23.5 Å². The molecule has 1 aromatic carbocycles. The Balaban J connectivity index is 1.30. The van der Waals surface area contributed by atoms with Gasteiger partial charge in [-0.2, -0.15) is 0 Å². The second-order valence-electron chi connectivity index (χ2n) is 28.1. The van der Waals surface area contributed by atoms with Crippen LogP contribution in [0.2, 0.25) is 0 Å². The molecule has 0 aromatic heterocycles. The highest BCUT2D eigenvalue weighted by Gasteiger charge is 2.46. The lowest BCUT2D eigenvalue weighted by Crippen LogP contribution is -2.59. The number of aliphatic hydroxyl groups excluding tert-OH is 1. The lowest BCUT2D eigenvalue weighted by molar-refractivity contribution is -0.147. The topological polar surface area (TPSA) is 589 Å². The van der Waals surface area contributed by atoms with Crippen molar-refractivity contribution >= 4 is 124 Å². The Morgan fingerprint density at radius 1 is 0.539 bits per heavy atom. The fraction of sp³-hybridized carbons (Fsp3) is 0.658. The zero-order valence-electron chi connectivity index (χ0n) is 64.9. The number of carbonyl (C=O) groups excluding carboxylic acids is 13. The first-order chi connectivity index (χ1) is 54.8. The van der Waals surface area contributed by atoms with Crippen LogP contribution in [-0.2, 0) is 102 Å². The van der Waals surface area contributed by atoms with Crippen LogP contribution < -0.4 is 49.1 Å². The summed E-state index contributed by atoms with van der Waals surface area (Å²) in [5.74, 6) is -17.1. The van der Waals surface area contributed by atoms with Crippen LogP contribution in [0, 0.1) is 0 Å². The molecule has 3 fully saturated rings.